The van der Waals surface area contributed by atoms with Gasteiger partial charge in [0.25, 0.3) is 0 Å². The molecule has 2 aliphatic heterocycles. The average Bonchev–Trinajstić information content (AvgIpc) is 2.76. The molecule has 3 aromatic carbocycles. The molecule has 3 unspecified atom stereocenters. The van der Waals surface area contributed by atoms with Crippen molar-refractivity contribution in [1.82, 2.24) is 5.32 Å². The summed E-state index contributed by atoms with van der Waals surface area (Å²) >= 11 is 15.7. The fourth-order valence-electron chi connectivity index (χ4n) is 4.92. The number of ether oxygens (including phenoxy) is 1. The van der Waals surface area contributed by atoms with Crippen LogP contribution in [0.25, 0.3) is 0 Å². The quantitative estimate of drug-likeness (QED) is 0.360. The minimum absolute atomic E-state index is 0.160. The van der Waals surface area contributed by atoms with Crippen LogP contribution < -0.4 is 20.3 Å². The van der Waals surface area contributed by atoms with Crippen LogP contribution in [0.15, 0.2) is 65.1 Å². The Balaban J connectivity index is 1.63. The molecule has 0 radical (unpaired) electrons. The first kappa shape index (κ1) is 23.1. The van der Waals surface area contributed by atoms with Gasteiger partial charge in [0.15, 0.2) is 10.8 Å². The lowest BCUT2D eigenvalue weighted by Gasteiger charge is -2.56. The molecule has 5 nitrogen and oxygen atoms in total. The van der Waals surface area contributed by atoms with Gasteiger partial charge in [-0.1, -0.05) is 51.3 Å². The normalized spacial score (nSPS) is 23.0. The third-order valence-electron chi connectivity index (χ3n) is 6.45. The Morgan fingerprint density at radius 2 is 1.97 bits per heavy atom. The summed E-state index contributed by atoms with van der Waals surface area (Å²) < 4.78 is 7.52. The molecule has 2 heterocycles. The van der Waals surface area contributed by atoms with Crippen molar-refractivity contribution in [2.24, 2.45) is 5.92 Å². The van der Waals surface area contributed by atoms with Crippen LogP contribution in [0.3, 0.4) is 0 Å². The second-order valence-corrected chi connectivity index (χ2v) is 10.6. The van der Waals surface area contributed by atoms with Crippen LogP contribution in [0, 0.1) is 19.8 Å². The minimum atomic E-state index is -1.10. The molecule has 1 fully saturated rings. The van der Waals surface area contributed by atoms with Crippen LogP contribution in [-0.2, 0) is 4.79 Å². The number of aryl methyl sites for hydroxylation is 2. The highest BCUT2D eigenvalue weighted by atomic mass is 79.9. The fourth-order valence-corrected chi connectivity index (χ4v) is 5.90. The smallest absolute Gasteiger partial charge is 0.236 e. The van der Waals surface area contributed by atoms with E-state index in [0.717, 1.165) is 32.5 Å². The second kappa shape index (κ2) is 8.56. The highest BCUT2D eigenvalue weighted by molar-refractivity contribution is 9.10. The van der Waals surface area contributed by atoms with Gasteiger partial charge < -0.3 is 15.4 Å². The molecule has 0 saturated carbocycles. The highest BCUT2D eigenvalue weighted by Gasteiger charge is 2.59. The van der Waals surface area contributed by atoms with Crippen molar-refractivity contribution in [2.75, 3.05) is 10.2 Å². The number of hydrogen-bond donors (Lipinski definition) is 2. The average molecular weight is 557 g/mol. The Kier molecular flexibility index (Phi) is 5.82. The Labute approximate surface area is 217 Å². The van der Waals surface area contributed by atoms with Gasteiger partial charge in [-0.25, -0.2) is 0 Å². The summed E-state index contributed by atoms with van der Waals surface area (Å²) in [7, 11) is 0. The number of thiocarbonyl (C=S) groups is 1. The maximum Gasteiger partial charge on any atom is 0.236 e. The zero-order valence-electron chi connectivity index (χ0n) is 18.9. The third kappa shape index (κ3) is 3.85. The van der Waals surface area contributed by atoms with Gasteiger partial charge in [0.05, 0.1) is 6.04 Å². The Hall–Kier alpha value is -2.61. The fraction of sp³-hybridized carbons (Fsp3) is 0.231. The molecule has 1 amide bonds. The molecular formula is C26H23BrClN3O2S. The van der Waals surface area contributed by atoms with Gasteiger partial charge in [-0.15, -0.1) is 0 Å². The van der Waals surface area contributed by atoms with Gasteiger partial charge in [-0.2, -0.15) is 0 Å². The van der Waals surface area contributed by atoms with E-state index in [1.165, 1.54) is 0 Å². The molecule has 8 heteroatoms. The molecule has 174 valence electrons. The molecule has 3 aromatic rings. The molecule has 0 aliphatic carbocycles. The second-order valence-electron chi connectivity index (χ2n) is 8.87. The number of rotatable bonds is 3. The summed E-state index contributed by atoms with van der Waals surface area (Å²) in [4.78, 5) is 15.8. The van der Waals surface area contributed by atoms with Crippen molar-refractivity contribution in [3.63, 3.8) is 0 Å². The van der Waals surface area contributed by atoms with E-state index in [1.807, 2.05) is 80.3 Å². The van der Waals surface area contributed by atoms with Gasteiger partial charge in [-0.05, 0) is 81.0 Å². The molecule has 0 spiro atoms. The standard InChI is InChI=1S/C26H23BrClN3O2S/c1-14-7-9-20(15(2)11-14)29-24(32)22-23-19-12-16(27)8-10-21(19)33-26(22,3)31(25(34)30-23)18-6-4-5-17(28)13-18/h4-13,22-23H,1-3H3,(H,29,32)(H,30,34). The van der Waals surface area contributed by atoms with Crippen LogP contribution >= 0.6 is 39.7 Å². The van der Waals surface area contributed by atoms with Crippen LogP contribution in [0.1, 0.15) is 29.7 Å². The lowest BCUT2D eigenvalue weighted by Crippen LogP contribution is -2.72. The van der Waals surface area contributed by atoms with E-state index in [-0.39, 0.29) is 11.9 Å². The number of nitrogens with one attached hydrogen (secondary N) is 2. The summed E-state index contributed by atoms with van der Waals surface area (Å²) in [6, 6.07) is 18.8. The van der Waals surface area contributed by atoms with Gasteiger partial charge in [0.2, 0.25) is 5.91 Å². The topological polar surface area (TPSA) is 53.6 Å². The maximum absolute atomic E-state index is 13.9. The summed E-state index contributed by atoms with van der Waals surface area (Å²) in [5, 5.41) is 7.60. The molecule has 3 atom stereocenters. The van der Waals surface area contributed by atoms with Gasteiger partial charge >= 0.3 is 0 Å². The van der Waals surface area contributed by atoms with E-state index in [0.29, 0.717) is 15.9 Å². The Bertz CT molecular complexity index is 1330. The number of amides is 1. The Morgan fingerprint density at radius 3 is 2.71 bits per heavy atom. The van der Waals surface area contributed by atoms with E-state index in [2.05, 4.69) is 26.6 Å². The van der Waals surface area contributed by atoms with Crippen molar-refractivity contribution >= 4 is 62.1 Å². The minimum Gasteiger partial charge on any atom is -0.467 e. The van der Waals surface area contributed by atoms with E-state index in [4.69, 9.17) is 28.6 Å². The van der Waals surface area contributed by atoms with Crippen molar-refractivity contribution in [3.05, 3.63) is 86.8 Å². The third-order valence-corrected chi connectivity index (χ3v) is 7.48. The summed E-state index contributed by atoms with van der Waals surface area (Å²) in [5.41, 5.74) is 3.43. The summed E-state index contributed by atoms with van der Waals surface area (Å²) in [6.07, 6.45) is 0. The first-order valence-electron chi connectivity index (χ1n) is 10.9. The maximum atomic E-state index is 13.9. The SMILES string of the molecule is Cc1ccc(NC(=O)C2C3NC(=S)N(c4cccc(Cl)c4)C2(C)Oc2ccc(Br)cc23)c(C)c1. The number of halogens is 2. The van der Waals surface area contributed by atoms with Gasteiger partial charge in [0.1, 0.15) is 11.7 Å². The summed E-state index contributed by atoms with van der Waals surface area (Å²) in [6.45, 7) is 5.92. The zero-order chi connectivity index (χ0) is 24.2. The number of benzene rings is 3. The first-order valence-corrected chi connectivity index (χ1v) is 12.5. The number of nitrogens with zero attached hydrogens (tertiary/aromatic N) is 1. The predicted octanol–water partition coefficient (Wildman–Crippen LogP) is 6.52. The highest BCUT2D eigenvalue weighted by Crippen LogP contribution is 2.50. The number of fused-ring (bicyclic) bond motifs is 4. The summed E-state index contributed by atoms with van der Waals surface area (Å²) in [5.74, 6) is -0.0823. The van der Waals surface area contributed by atoms with Crippen molar-refractivity contribution in [1.29, 1.82) is 0 Å². The van der Waals surface area contributed by atoms with E-state index >= 15 is 0 Å². The lowest BCUT2D eigenvalue weighted by atomic mass is 9.78. The van der Waals surface area contributed by atoms with Gasteiger partial charge in [0, 0.05) is 26.4 Å². The largest absolute Gasteiger partial charge is 0.467 e. The van der Waals surface area contributed by atoms with Crippen molar-refractivity contribution in [2.45, 2.75) is 32.5 Å². The Morgan fingerprint density at radius 1 is 1.18 bits per heavy atom. The van der Waals surface area contributed by atoms with Crippen LogP contribution in [0.2, 0.25) is 5.02 Å². The molecule has 2 aliphatic rings. The van der Waals surface area contributed by atoms with E-state index in [1.54, 1.807) is 6.07 Å². The predicted molar refractivity (Wildman–Crippen MR) is 144 cm³/mol. The molecule has 34 heavy (non-hydrogen) atoms. The number of anilines is 2. The molecule has 5 rings (SSSR count). The molecule has 0 aromatic heterocycles. The zero-order valence-corrected chi connectivity index (χ0v) is 22.0. The monoisotopic (exact) mass is 555 g/mol. The van der Waals surface area contributed by atoms with Crippen LogP contribution in [-0.4, -0.2) is 16.7 Å². The van der Waals surface area contributed by atoms with Crippen molar-refractivity contribution < 1.29 is 9.53 Å². The molecule has 2 N–H and O–H groups in total. The van der Waals surface area contributed by atoms with Crippen LogP contribution in [0.5, 0.6) is 5.75 Å². The van der Waals surface area contributed by atoms with Crippen LogP contribution in [0.4, 0.5) is 11.4 Å². The molecule has 1 saturated heterocycles. The number of carbonyl (C=O) groups excluding carboxylic acids is 1. The first-order chi connectivity index (χ1) is 16.2. The lowest BCUT2D eigenvalue weighted by molar-refractivity contribution is -0.130. The van der Waals surface area contributed by atoms with E-state index in [9.17, 15) is 4.79 Å². The molecule has 2 bridgehead atoms. The number of hydrogen-bond acceptors (Lipinski definition) is 3. The molecular weight excluding hydrogens is 534 g/mol. The van der Waals surface area contributed by atoms with E-state index < -0.39 is 11.6 Å². The van der Waals surface area contributed by atoms with Gasteiger partial charge in [-0.3, -0.25) is 9.69 Å². The van der Waals surface area contributed by atoms with Crippen molar-refractivity contribution in [3.8, 4) is 5.75 Å². The number of carbonyl (C=O) groups is 1.